The topological polar surface area (TPSA) is 70.7 Å². The standard InChI is InChI=1S/C18H33N3O3S/c1-21(12-8-4-6-10-16(22)24-2)11-7-3-5-9-15-17-14(13-25-15)19-18(23)20-17/h14-15,17H,3-13H2,1-2H3,(H2,19,20,23)/t14?,15-,17?/m0/s1. The molecule has 25 heavy (non-hydrogen) atoms. The zero-order valence-electron chi connectivity index (χ0n) is 15.6. The van der Waals surface area contributed by atoms with E-state index in [2.05, 4.69) is 27.3 Å². The zero-order chi connectivity index (χ0) is 18.1. The van der Waals surface area contributed by atoms with Crippen LogP contribution < -0.4 is 10.6 Å². The highest BCUT2D eigenvalue weighted by Gasteiger charge is 2.42. The second-order valence-corrected chi connectivity index (χ2v) is 8.43. The Morgan fingerprint density at radius 1 is 1.16 bits per heavy atom. The van der Waals surface area contributed by atoms with Gasteiger partial charge in [-0.1, -0.05) is 19.3 Å². The van der Waals surface area contributed by atoms with Crippen LogP contribution in [0.25, 0.3) is 0 Å². The molecule has 2 rings (SSSR count). The van der Waals surface area contributed by atoms with E-state index in [4.69, 9.17) is 0 Å². The van der Waals surface area contributed by atoms with Gasteiger partial charge in [0.15, 0.2) is 0 Å². The number of ether oxygens (including phenoxy) is 1. The highest BCUT2D eigenvalue weighted by atomic mass is 32.2. The fourth-order valence-electron chi connectivity index (χ4n) is 3.59. The van der Waals surface area contributed by atoms with E-state index in [9.17, 15) is 9.59 Å². The van der Waals surface area contributed by atoms with Crippen LogP contribution in [0.3, 0.4) is 0 Å². The molecule has 0 radical (unpaired) electrons. The molecule has 0 aromatic rings. The number of nitrogens with zero attached hydrogens (tertiary/aromatic N) is 1. The molecule has 7 heteroatoms. The molecule has 2 unspecified atom stereocenters. The van der Waals surface area contributed by atoms with E-state index >= 15 is 0 Å². The van der Waals surface area contributed by atoms with Crippen LogP contribution >= 0.6 is 11.8 Å². The molecule has 0 aromatic carbocycles. The normalized spacial score (nSPS) is 24.9. The second kappa shape index (κ2) is 10.9. The number of nitrogens with one attached hydrogen (secondary N) is 2. The Labute approximate surface area is 155 Å². The van der Waals surface area contributed by atoms with Gasteiger partial charge in [0.25, 0.3) is 0 Å². The van der Waals surface area contributed by atoms with E-state index in [-0.39, 0.29) is 12.0 Å². The third-order valence-electron chi connectivity index (χ3n) is 5.12. The first kappa shape index (κ1) is 20.4. The number of urea groups is 1. The monoisotopic (exact) mass is 371 g/mol. The highest BCUT2D eigenvalue weighted by molar-refractivity contribution is 8.00. The first-order chi connectivity index (χ1) is 12.1. The third kappa shape index (κ3) is 7.05. The van der Waals surface area contributed by atoms with Crippen LogP contribution in [0.15, 0.2) is 0 Å². The minimum atomic E-state index is -0.104. The predicted molar refractivity (Wildman–Crippen MR) is 102 cm³/mol. The number of methoxy groups -OCH3 is 1. The number of hydrogen-bond acceptors (Lipinski definition) is 5. The minimum Gasteiger partial charge on any atom is -0.469 e. The van der Waals surface area contributed by atoms with E-state index in [1.54, 1.807) is 0 Å². The summed E-state index contributed by atoms with van der Waals surface area (Å²) >= 11 is 2.00. The molecule has 2 N–H and O–H groups in total. The molecule has 2 fully saturated rings. The largest absolute Gasteiger partial charge is 0.469 e. The van der Waals surface area contributed by atoms with Crippen molar-refractivity contribution in [3.8, 4) is 0 Å². The van der Waals surface area contributed by atoms with Crippen LogP contribution in [0.2, 0.25) is 0 Å². The molecule has 2 aliphatic heterocycles. The van der Waals surface area contributed by atoms with Crippen molar-refractivity contribution in [1.29, 1.82) is 0 Å². The average Bonchev–Trinajstić information content (AvgIpc) is 3.13. The number of unbranched alkanes of at least 4 members (excludes halogenated alkanes) is 4. The van der Waals surface area contributed by atoms with Crippen molar-refractivity contribution >= 4 is 23.8 Å². The molecular weight excluding hydrogens is 338 g/mol. The van der Waals surface area contributed by atoms with Crippen molar-refractivity contribution in [2.24, 2.45) is 0 Å². The molecule has 2 aliphatic rings. The Bertz CT molecular complexity index is 436. The van der Waals surface area contributed by atoms with E-state index in [1.165, 1.54) is 32.8 Å². The number of hydrogen-bond donors (Lipinski definition) is 2. The van der Waals surface area contributed by atoms with Gasteiger partial charge in [-0.15, -0.1) is 0 Å². The van der Waals surface area contributed by atoms with Gasteiger partial charge >= 0.3 is 12.0 Å². The minimum absolute atomic E-state index is 0.00788. The predicted octanol–water partition coefficient (Wildman–Crippen LogP) is 2.38. The first-order valence-electron chi connectivity index (χ1n) is 9.54. The number of amides is 2. The summed E-state index contributed by atoms with van der Waals surface area (Å²) in [5.74, 6) is 0.945. The van der Waals surface area contributed by atoms with Gasteiger partial charge in [0, 0.05) is 17.4 Å². The lowest BCUT2D eigenvalue weighted by Crippen LogP contribution is -2.36. The fraction of sp³-hybridized carbons (Fsp3) is 0.889. The maximum absolute atomic E-state index is 11.4. The number of rotatable bonds is 12. The van der Waals surface area contributed by atoms with Crippen molar-refractivity contribution < 1.29 is 14.3 Å². The summed E-state index contributed by atoms with van der Waals surface area (Å²) < 4.78 is 4.64. The lowest BCUT2D eigenvalue weighted by Gasteiger charge is -2.18. The molecular formula is C18H33N3O3S. The number of esters is 1. The van der Waals surface area contributed by atoms with E-state index in [1.807, 2.05) is 11.8 Å². The van der Waals surface area contributed by atoms with Crippen molar-refractivity contribution in [2.45, 2.75) is 68.7 Å². The molecule has 0 bridgehead atoms. The Morgan fingerprint density at radius 3 is 2.60 bits per heavy atom. The summed E-state index contributed by atoms with van der Waals surface area (Å²) in [7, 11) is 3.62. The molecule has 0 saturated carbocycles. The summed E-state index contributed by atoms with van der Waals surface area (Å²) in [6.45, 7) is 2.24. The van der Waals surface area contributed by atoms with E-state index in [0.29, 0.717) is 23.8 Å². The van der Waals surface area contributed by atoms with Crippen LogP contribution in [0.1, 0.15) is 51.4 Å². The third-order valence-corrected chi connectivity index (χ3v) is 6.62. The maximum Gasteiger partial charge on any atom is 0.315 e. The smallest absolute Gasteiger partial charge is 0.315 e. The summed E-state index contributed by atoms with van der Waals surface area (Å²) in [5, 5.41) is 6.64. The molecule has 0 spiro atoms. The van der Waals surface area contributed by atoms with E-state index in [0.717, 1.165) is 38.1 Å². The van der Waals surface area contributed by atoms with Gasteiger partial charge in [0.2, 0.25) is 0 Å². The number of carbonyl (C=O) groups excluding carboxylic acids is 2. The van der Waals surface area contributed by atoms with E-state index < -0.39 is 0 Å². The van der Waals surface area contributed by atoms with Gasteiger partial charge in [0.05, 0.1) is 19.2 Å². The molecule has 0 aliphatic carbocycles. The number of fused-ring (bicyclic) bond motifs is 1. The summed E-state index contributed by atoms with van der Waals surface area (Å²) in [5.41, 5.74) is 0. The Balaban J connectivity index is 1.42. The summed E-state index contributed by atoms with van der Waals surface area (Å²) in [6, 6.07) is 0.687. The van der Waals surface area contributed by atoms with Gasteiger partial charge < -0.3 is 20.3 Å². The quantitative estimate of drug-likeness (QED) is 0.313. The lowest BCUT2D eigenvalue weighted by atomic mass is 10.0. The highest BCUT2D eigenvalue weighted by Crippen LogP contribution is 2.33. The number of thioether (sulfide) groups is 1. The fourth-order valence-corrected chi connectivity index (χ4v) is 5.13. The second-order valence-electron chi connectivity index (χ2n) is 7.16. The van der Waals surface area contributed by atoms with Crippen molar-refractivity contribution in [3.05, 3.63) is 0 Å². The van der Waals surface area contributed by atoms with Crippen molar-refractivity contribution in [1.82, 2.24) is 15.5 Å². The molecule has 6 nitrogen and oxygen atoms in total. The zero-order valence-corrected chi connectivity index (χ0v) is 16.4. The van der Waals surface area contributed by atoms with Crippen LogP contribution in [0, 0.1) is 0 Å². The molecule has 2 heterocycles. The average molecular weight is 372 g/mol. The summed E-state index contributed by atoms with van der Waals surface area (Å²) in [6.07, 6.45) is 8.61. The van der Waals surface area contributed by atoms with Gasteiger partial charge in [-0.05, 0) is 45.8 Å². The van der Waals surface area contributed by atoms with Gasteiger partial charge in [-0.2, -0.15) is 11.8 Å². The van der Waals surface area contributed by atoms with Gasteiger partial charge in [-0.25, -0.2) is 4.79 Å². The van der Waals surface area contributed by atoms with Crippen LogP contribution in [0.5, 0.6) is 0 Å². The van der Waals surface area contributed by atoms with Crippen LogP contribution in [0.4, 0.5) is 4.79 Å². The molecule has 3 atom stereocenters. The van der Waals surface area contributed by atoms with Crippen molar-refractivity contribution in [3.63, 3.8) is 0 Å². The van der Waals surface area contributed by atoms with Gasteiger partial charge in [-0.3, -0.25) is 4.79 Å². The molecule has 0 aromatic heterocycles. The van der Waals surface area contributed by atoms with Crippen LogP contribution in [-0.2, 0) is 9.53 Å². The lowest BCUT2D eigenvalue weighted by molar-refractivity contribution is -0.140. The van der Waals surface area contributed by atoms with Gasteiger partial charge in [0.1, 0.15) is 0 Å². The Morgan fingerprint density at radius 2 is 1.88 bits per heavy atom. The first-order valence-corrected chi connectivity index (χ1v) is 10.6. The Kier molecular flexibility index (Phi) is 8.89. The summed E-state index contributed by atoms with van der Waals surface area (Å²) in [4.78, 5) is 24.8. The Hall–Kier alpha value is -0.950. The molecule has 2 amide bonds. The molecule has 2 saturated heterocycles. The SMILES string of the molecule is COC(=O)CCCCCN(C)CCCCC[C@@H]1SCC2NC(=O)NC21. The van der Waals surface area contributed by atoms with Crippen LogP contribution in [-0.4, -0.2) is 67.2 Å². The maximum atomic E-state index is 11.4. The number of carbonyl (C=O) groups is 2. The molecule has 144 valence electrons. The van der Waals surface area contributed by atoms with Crippen molar-refractivity contribution in [2.75, 3.05) is 33.0 Å².